The van der Waals surface area contributed by atoms with E-state index in [1.807, 2.05) is 18.2 Å². The Morgan fingerprint density at radius 1 is 1.42 bits per heavy atom. The number of nitrogens with zero attached hydrogens (tertiary/aromatic N) is 3. The summed E-state index contributed by atoms with van der Waals surface area (Å²) in [7, 11) is 0. The molecule has 7 heteroatoms. The van der Waals surface area contributed by atoms with Crippen LogP contribution in [0.15, 0.2) is 42.9 Å². The minimum atomic E-state index is -0.769. The van der Waals surface area contributed by atoms with Crippen molar-refractivity contribution >= 4 is 5.82 Å². The van der Waals surface area contributed by atoms with Crippen molar-refractivity contribution in [2.24, 2.45) is 0 Å². The van der Waals surface area contributed by atoms with Crippen LogP contribution in [0.4, 0.5) is 5.82 Å². The Morgan fingerprint density at radius 2 is 2.16 bits per heavy atom. The van der Waals surface area contributed by atoms with Crippen LogP contribution in [-0.2, 0) is 6.54 Å². The van der Waals surface area contributed by atoms with Gasteiger partial charge < -0.3 is 24.5 Å². The Hall–Kier alpha value is -2.41. The molecular weight excluding hydrogens is 250 g/mol. The number of aliphatic hydroxyl groups excluding tert-OH is 1. The van der Waals surface area contributed by atoms with Crippen molar-refractivity contribution in [1.82, 2.24) is 9.55 Å². The molecule has 1 aromatic carbocycles. The van der Waals surface area contributed by atoms with Gasteiger partial charge in [-0.1, -0.05) is 18.2 Å². The highest BCUT2D eigenvalue weighted by molar-refractivity contribution is 5.20. The van der Waals surface area contributed by atoms with E-state index in [4.69, 9.17) is 4.74 Å². The van der Waals surface area contributed by atoms with Crippen LogP contribution in [0.3, 0.4) is 0 Å². The molecule has 1 unspecified atom stereocenters. The van der Waals surface area contributed by atoms with E-state index in [1.165, 1.54) is 17.1 Å². The van der Waals surface area contributed by atoms with Crippen LogP contribution in [0.1, 0.15) is 0 Å². The highest BCUT2D eigenvalue weighted by Crippen LogP contribution is 2.10. The Balaban J connectivity index is 1.83. The first kappa shape index (κ1) is 13.0. The second kappa shape index (κ2) is 5.96. The highest BCUT2D eigenvalue weighted by Gasteiger charge is 2.13. The fourth-order valence-corrected chi connectivity index (χ4v) is 1.55. The van der Waals surface area contributed by atoms with E-state index in [2.05, 4.69) is 4.98 Å². The molecule has 7 nitrogen and oxygen atoms in total. The van der Waals surface area contributed by atoms with Crippen LogP contribution in [0.5, 0.6) is 5.75 Å². The highest BCUT2D eigenvalue weighted by atomic mass is 16.6. The number of ether oxygens (including phenoxy) is 1. The number of aliphatic hydroxyl groups is 1. The van der Waals surface area contributed by atoms with Gasteiger partial charge in [0.2, 0.25) is 6.33 Å². The molecular formula is C12H13N3O4. The molecule has 1 atom stereocenters. The Morgan fingerprint density at radius 3 is 2.79 bits per heavy atom. The normalized spacial score (nSPS) is 12.1. The number of hydrogen-bond donors (Lipinski definition) is 1. The van der Waals surface area contributed by atoms with Crippen molar-refractivity contribution in [2.45, 2.75) is 12.6 Å². The van der Waals surface area contributed by atoms with Crippen molar-refractivity contribution in [3.63, 3.8) is 0 Å². The molecule has 0 radical (unpaired) electrons. The molecule has 0 fully saturated rings. The number of aromatic nitrogens is 2. The smallest absolute Gasteiger partial charge is 0.381 e. The largest absolute Gasteiger partial charge is 0.491 e. The van der Waals surface area contributed by atoms with Crippen molar-refractivity contribution in [3.8, 4) is 5.75 Å². The van der Waals surface area contributed by atoms with E-state index in [1.54, 1.807) is 12.1 Å². The molecule has 0 saturated heterocycles. The maximum atomic E-state index is 10.5. The summed E-state index contributed by atoms with van der Waals surface area (Å²) < 4.78 is 6.83. The van der Waals surface area contributed by atoms with Crippen LogP contribution in [0, 0.1) is 10.1 Å². The average molecular weight is 263 g/mol. The van der Waals surface area contributed by atoms with Crippen molar-refractivity contribution < 1.29 is 14.8 Å². The van der Waals surface area contributed by atoms with Crippen molar-refractivity contribution in [1.29, 1.82) is 0 Å². The summed E-state index contributed by atoms with van der Waals surface area (Å²) in [5, 5.41) is 20.2. The second-order valence-corrected chi connectivity index (χ2v) is 3.96. The van der Waals surface area contributed by atoms with Gasteiger partial charge in [-0.25, -0.2) is 0 Å². The first-order valence-electron chi connectivity index (χ1n) is 5.67. The molecule has 100 valence electrons. The molecule has 0 aliphatic heterocycles. The monoisotopic (exact) mass is 263 g/mol. The maximum absolute atomic E-state index is 10.5. The van der Waals surface area contributed by atoms with E-state index in [0.717, 1.165) is 0 Å². The fourth-order valence-electron chi connectivity index (χ4n) is 1.55. The van der Waals surface area contributed by atoms with Gasteiger partial charge in [0, 0.05) is 0 Å². The van der Waals surface area contributed by atoms with E-state index in [9.17, 15) is 15.2 Å². The summed E-state index contributed by atoms with van der Waals surface area (Å²) in [6.45, 7) is 0.295. The summed E-state index contributed by atoms with van der Waals surface area (Å²) >= 11 is 0. The number of rotatable bonds is 6. The van der Waals surface area contributed by atoms with Crippen molar-refractivity contribution in [3.05, 3.63) is 53.0 Å². The van der Waals surface area contributed by atoms with Gasteiger partial charge in [-0.2, -0.15) is 0 Å². The quantitative estimate of drug-likeness (QED) is 0.625. The molecule has 0 bridgehead atoms. The summed E-state index contributed by atoms with van der Waals surface area (Å²) in [5.41, 5.74) is 0. The minimum Gasteiger partial charge on any atom is -0.491 e. The molecule has 0 aliphatic carbocycles. The van der Waals surface area contributed by atoms with Gasteiger partial charge in [-0.15, -0.1) is 0 Å². The summed E-state index contributed by atoms with van der Waals surface area (Å²) in [5.74, 6) is 0.425. The van der Waals surface area contributed by atoms with Crippen LogP contribution < -0.4 is 4.74 Å². The predicted octanol–water partition coefficient (Wildman–Crippen LogP) is 1.23. The number of nitro groups is 1. The molecule has 1 N–H and O–H groups in total. The first-order valence-corrected chi connectivity index (χ1v) is 5.67. The molecule has 19 heavy (non-hydrogen) atoms. The predicted molar refractivity (Wildman–Crippen MR) is 66.8 cm³/mol. The Kier molecular flexibility index (Phi) is 4.09. The molecule has 0 amide bonds. The number of imidazole rings is 1. The molecule has 0 aliphatic rings. The standard InChI is InChI=1S/C12H13N3O4/c16-10(8-19-11-4-2-1-3-5-11)6-14-7-12(13-9-14)15(17)18/h1-5,7,9-10,16H,6,8H2. The van der Waals surface area contributed by atoms with Crippen LogP contribution in [0.2, 0.25) is 0 Å². The van der Waals surface area contributed by atoms with Crippen molar-refractivity contribution in [2.75, 3.05) is 6.61 Å². The lowest BCUT2D eigenvalue weighted by Crippen LogP contribution is -2.22. The van der Waals surface area contributed by atoms with E-state index in [-0.39, 0.29) is 19.0 Å². The van der Waals surface area contributed by atoms with Gasteiger partial charge in [-0.3, -0.25) is 0 Å². The number of para-hydroxylation sites is 1. The van der Waals surface area contributed by atoms with E-state index >= 15 is 0 Å². The lowest BCUT2D eigenvalue weighted by molar-refractivity contribution is -0.389. The van der Waals surface area contributed by atoms with Crippen LogP contribution in [0.25, 0.3) is 0 Å². The van der Waals surface area contributed by atoms with Gasteiger partial charge in [0.05, 0.1) is 6.54 Å². The van der Waals surface area contributed by atoms with Gasteiger partial charge in [0.15, 0.2) is 0 Å². The average Bonchev–Trinajstić information content (AvgIpc) is 2.86. The van der Waals surface area contributed by atoms with E-state index < -0.39 is 11.0 Å². The lowest BCUT2D eigenvalue weighted by atomic mass is 10.3. The second-order valence-electron chi connectivity index (χ2n) is 3.96. The van der Waals surface area contributed by atoms with Crippen LogP contribution >= 0.6 is 0 Å². The third kappa shape index (κ3) is 3.78. The van der Waals surface area contributed by atoms with Crippen LogP contribution in [-0.4, -0.2) is 32.3 Å². The third-order valence-corrected chi connectivity index (χ3v) is 2.41. The lowest BCUT2D eigenvalue weighted by Gasteiger charge is -2.12. The zero-order chi connectivity index (χ0) is 13.7. The SMILES string of the molecule is O=[N+]([O-])c1cn(CC(O)COc2ccccc2)cn1. The fraction of sp³-hybridized carbons (Fsp3) is 0.250. The molecule has 1 aromatic heterocycles. The third-order valence-electron chi connectivity index (χ3n) is 2.41. The molecule has 1 heterocycles. The number of benzene rings is 1. The Labute approximate surface area is 109 Å². The van der Waals surface area contributed by atoms with Gasteiger partial charge in [-0.05, 0) is 22.0 Å². The molecule has 0 saturated carbocycles. The summed E-state index contributed by atoms with van der Waals surface area (Å²) in [4.78, 5) is 13.5. The van der Waals surface area contributed by atoms with Gasteiger partial charge >= 0.3 is 5.82 Å². The first-order chi connectivity index (χ1) is 9.15. The molecule has 0 spiro atoms. The molecule has 2 aromatic rings. The zero-order valence-electron chi connectivity index (χ0n) is 10.0. The maximum Gasteiger partial charge on any atom is 0.381 e. The number of hydrogen-bond acceptors (Lipinski definition) is 5. The molecule has 2 rings (SSSR count). The van der Waals surface area contributed by atoms with E-state index in [0.29, 0.717) is 5.75 Å². The zero-order valence-corrected chi connectivity index (χ0v) is 10.0. The summed E-state index contributed by atoms with van der Waals surface area (Å²) in [6, 6.07) is 9.11. The van der Waals surface area contributed by atoms with Gasteiger partial charge in [0.25, 0.3) is 0 Å². The Bertz CT molecular complexity index is 541. The summed E-state index contributed by atoms with van der Waals surface area (Å²) in [6.07, 6.45) is 1.81. The minimum absolute atomic E-state index is 0.107. The topological polar surface area (TPSA) is 90.4 Å². The van der Waals surface area contributed by atoms with Gasteiger partial charge in [0.1, 0.15) is 24.7 Å².